The van der Waals surface area contributed by atoms with Crippen LogP contribution in [0.15, 0.2) is 0 Å². The maximum absolute atomic E-state index is 3.86. The van der Waals surface area contributed by atoms with Crippen LogP contribution in [0, 0.1) is 0 Å². The molecular weight excluding hydrogens is 97.9 g/mol. The molecule has 0 aliphatic rings. The molecule has 0 rings (SSSR count). The monoisotopic (exact) mass is 104 g/mol. The van der Waals surface area contributed by atoms with Crippen LogP contribution in [0.1, 0.15) is 0 Å². The Labute approximate surface area is 39.9 Å². The normalized spacial score (nSPS) is 10.4. The molecule has 0 bridgehead atoms. The average molecular weight is 104 g/mol. The molecule has 0 spiro atoms. The van der Waals surface area contributed by atoms with Crippen LogP contribution in [0.25, 0.3) is 0 Å². The Morgan fingerprint density at radius 2 is 2.20 bits per heavy atom. The van der Waals surface area contributed by atoms with E-state index in [9.17, 15) is 0 Å². The molecule has 1 unspecified atom stereocenters. The molecule has 0 saturated heterocycles. The van der Waals surface area contributed by atoms with Crippen molar-refractivity contribution in [2.45, 2.75) is 0 Å². The minimum Gasteiger partial charge on any atom is -0.173 e. The molecule has 0 amide bonds. The minimum absolute atomic E-state index is 0.109. The second kappa shape index (κ2) is 2.80. The zero-order valence-electron chi connectivity index (χ0n) is 3.18. The van der Waals surface area contributed by atoms with Gasteiger partial charge in [0.05, 0.1) is 13.0 Å². The molecule has 0 N–H and O–H groups in total. The average Bonchev–Trinajstić information content (AvgIpc) is 1.38. The summed E-state index contributed by atoms with van der Waals surface area (Å²) in [5.41, 5.74) is 0. The third-order valence-corrected chi connectivity index (χ3v) is 1.77. The van der Waals surface area contributed by atoms with Crippen molar-refractivity contribution in [3.63, 3.8) is 0 Å². The SMILES string of the molecule is C=[P+](C)[B]S. The van der Waals surface area contributed by atoms with Crippen molar-refractivity contribution >= 4 is 32.5 Å². The number of hydrogen-bond donors (Lipinski definition) is 1. The maximum Gasteiger partial charge on any atom is 0.496 e. The molecular formula is C2H6BPS+. The van der Waals surface area contributed by atoms with Gasteiger partial charge in [0.25, 0.3) is 0 Å². The van der Waals surface area contributed by atoms with Crippen LogP contribution >= 0.6 is 19.9 Å². The van der Waals surface area contributed by atoms with Crippen molar-refractivity contribution < 1.29 is 0 Å². The van der Waals surface area contributed by atoms with E-state index in [1.807, 2.05) is 12.9 Å². The van der Waals surface area contributed by atoms with Crippen LogP contribution in [0.5, 0.6) is 0 Å². The van der Waals surface area contributed by atoms with Crippen LogP contribution in [0.2, 0.25) is 0 Å². The van der Waals surface area contributed by atoms with Crippen LogP contribution in [0.4, 0.5) is 0 Å². The summed E-state index contributed by atoms with van der Waals surface area (Å²) in [6, 6.07) is 0. The molecule has 0 aromatic carbocycles. The smallest absolute Gasteiger partial charge is 0.173 e. The highest BCUT2D eigenvalue weighted by Crippen LogP contribution is 2.08. The van der Waals surface area contributed by atoms with Crippen molar-refractivity contribution in [1.29, 1.82) is 0 Å². The maximum atomic E-state index is 3.86. The molecule has 3 heteroatoms. The molecule has 0 aromatic heterocycles. The molecule has 0 saturated carbocycles. The van der Waals surface area contributed by atoms with Gasteiger partial charge in [0.15, 0.2) is 0 Å². The summed E-state index contributed by atoms with van der Waals surface area (Å²) in [5, 5.41) is 0. The summed E-state index contributed by atoms with van der Waals surface area (Å²) in [5.74, 6) is 0. The predicted octanol–water partition coefficient (Wildman–Crippen LogP) is 0.994. The van der Waals surface area contributed by atoms with Crippen molar-refractivity contribution in [3.8, 4) is 0 Å². The number of rotatable bonds is 1. The van der Waals surface area contributed by atoms with Crippen molar-refractivity contribution in [2.75, 3.05) is 6.66 Å². The zero-order chi connectivity index (χ0) is 4.28. The summed E-state index contributed by atoms with van der Waals surface area (Å²) in [6.07, 6.45) is 5.50. The lowest BCUT2D eigenvalue weighted by Crippen LogP contribution is -1.58. The topological polar surface area (TPSA) is 0 Å². The van der Waals surface area contributed by atoms with E-state index in [0.717, 1.165) is 0 Å². The van der Waals surface area contributed by atoms with E-state index in [0.29, 0.717) is 0 Å². The van der Waals surface area contributed by atoms with Gasteiger partial charge < -0.3 is 0 Å². The van der Waals surface area contributed by atoms with Gasteiger partial charge in [-0.3, -0.25) is 0 Å². The van der Waals surface area contributed by atoms with Gasteiger partial charge in [-0.2, -0.15) is 12.5 Å². The molecule has 5 heavy (non-hydrogen) atoms. The van der Waals surface area contributed by atoms with E-state index >= 15 is 0 Å². The molecule has 0 fully saturated rings. The molecule has 1 radical (unpaired) electrons. The summed E-state index contributed by atoms with van der Waals surface area (Å²) in [4.78, 5) is 0. The summed E-state index contributed by atoms with van der Waals surface area (Å²) in [7, 11) is -0.109. The highest BCUT2D eigenvalue weighted by atomic mass is 32.1. The fourth-order valence-corrected chi connectivity index (χ4v) is 0. The number of thiol groups is 1. The minimum atomic E-state index is -0.109. The second-order valence-electron chi connectivity index (χ2n) is 0.872. The van der Waals surface area contributed by atoms with Gasteiger partial charge in [-0.1, -0.05) is 0 Å². The molecule has 0 nitrogen and oxygen atoms in total. The van der Waals surface area contributed by atoms with E-state index in [4.69, 9.17) is 0 Å². The molecule has 0 heterocycles. The molecule has 0 aromatic rings. The molecule has 0 aliphatic carbocycles. The Bertz CT molecular complexity index is 44.9. The van der Waals surface area contributed by atoms with Crippen molar-refractivity contribution in [1.82, 2.24) is 0 Å². The fraction of sp³-hybridized carbons (Fsp3) is 0.500. The van der Waals surface area contributed by atoms with Crippen molar-refractivity contribution in [2.24, 2.45) is 0 Å². The number of hydrogen-bond acceptors (Lipinski definition) is 1. The van der Waals surface area contributed by atoms with E-state index in [2.05, 4.69) is 18.8 Å². The lowest BCUT2D eigenvalue weighted by molar-refractivity contribution is 2.50. The van der Waals surface area contributed by atoms with E-state index < -0.39 is 0 Å². The third-order valence-electron chi connectivity index (χ3n) is 0.197. The molecule has 1 atom stereocenters. The first-order chi connectivity index (χ1) is 2.27. The molecule has 27 valence electrons. The highest BCUT2D eigenvalue weighted by Gasteiger charge is 1.91. The highest BCUT2D eigenvalue weighted by molar-refractivity contribution is 8.26. The van der Waals surface area contributed by atoms with E-state index in [1.54, 1.807) is 0 Å². The van der Waals surface area contributed by atoms with Gasteiger partial charge in [-0.25, -0.2) is 0 Å². The van der Waals surface area contributed by atoms with E-state index in [-0.39, 0.29) is 7.42 Å². The van der Waals surface area contributed by atoms with Crippen LogP contribution in [-0.2, 0) is 0 Å². The first kappa shape index (κ1) is 5.58. The van der Waals surface area contributed by atoms with E-state index in [1.165, 1.54) is 0 Å². The Hall–Kier alpha value is 0.585. The van der Waals surface area contributed by atoms with Crippen LogP contribution in [-0.4, -0.2) is 19.2 Å². The second-order valence-corrected chi connectivity index (χ2v) is 3.31. The fourth-order valence-electron chi connectivity index (χ4n) is 0. The van der Waals surface area contributed by atoms with Gasteiger partial charge in [0.1, 0.15) is 0 Å². The quantitative estimate of drug-likeness (QED) is 0.286. The van der Waals surface area contributed by atoms with Gasteiger partial charge in [0, 0.05) is 7.42 Å². The summed E-state index contributed by atoms with van der Waals surface area (Å²) >= 11 is 3.86. The largest absolute Gasteiger partial charge is 0.496 e. The van der Waals surface area contributed by atoms with Crippen LogP contribution in [0.3, 0.4) is 0 Å². The Morgan fingerprint density at radius 3 is 2.20 bits per heavy atom. The first-order valence-corrected chi connectivity index (χ1v) is 3.84. The van der Waals surface area contributed by atoms with Crippen LogP contribution < -0.4 is 0 Å². The Balaban J connectivity index is 2.85. The summed E-state index contributed by atoms with van der Waals surface area (Å²) in [6.45, 7) is 2.04. The first-order valence-electron chi connectivity index (χ1n) is 1.28. The van der Waals surface area contributed by atoms with Crippen molar-refractivity contribution in [3.05, 3.63) is 0 Å². The summed E-state index contributed by atoms with van der Waals surface area (Å²) < 4.78 is 0. The van der Waals surface area contributed by atoms with Gasteiger partial charge in [0.2, 0.25) is 0 Å². The standard InChI is InChI=1S/C2H6BPS/c1-4(2)3-5/h5H,1H2,2H3/q+1. The van der Waals surface area contributed by atoms with Gasteiger partial charge in [-0.05, 0) is 0 Å². The van der Waals surface area contributed by atoms with Gasteiger partial charge >= 0.3 is 6.28 Å². The lowest BCUT2D eigenvalue weighted by atomic mass is 10.7. The zero-order valence-corrected chi connectivity index (χ0v) is 4.97. The molecule has 0 aliphatic heterocycles. The Kier molecular flexibility index (Phi) is 3.13. The predicted molar refractivity (Wildman–Crippen MR) is 34.7 cm³/mol. The van der Waals surface area contributed by atoms with Gasteiger partial charge in [-0.15, -0.1) is 0 Å². The Morgan fingerprint density at radius 1 is 2.00 bits per heavy atom. The lowest BCUT2D eigenvalue weighted by Gasteiger charge is -1.59. The third kappa shape index (κ3) is 4.58.